The van der Waals surface area contributed by atoms with Crippen molar-refractivity contribution in [2.45, 2.75) is 13.5 Å². The van der Waals surface area contributed by atoms with E-state index in [4.69, 9.17) is 4.74 Å². The van der Waals surface area contributed by atoms with Crippen LogP contribution in [0.4, 0.5) is 0 Å². The molecule has 0 aliphatic rings. The minimum Gasteiger partial charge on any atom is -0.497 e. The smallest absolute Gasteiger partial charge is 0.253 e. The molecule has 0 aliphatic heterocycles. The Kier molecular flexibility index (Phi) is 4.24. The minimum atomic E-state index is -0.114. The standard InChI is InChI=1S/C19H18N2O2/c1-13-17(19(22)20-12-14-6-4-3-5-7-14)10-15-8-9-16(23-2)11-18(15)21-13/h3-11H,12H2,1-2H3,(H,20,22). The number of carbonyl (C=O) groups is 1. The van der Waals surface area contributed by atoms with Crippen LogP contribution in [0.15, 0.2) is 54.6 Å². The SMILES string of the molecule is COc1ccc2cc(C(=O)NCc3ccccc3)c(C)nc2c1. The second-order valence-corrected chi connectivity index (χ2v) is 5.35. The van der Waals surface area contributed by atoms with Crippen LogP contribution in [-0.2, 0) is 6.54 Å². The third kappa shape index (κ3) is 3.31. The molecule has 0 saturated heterocycles. The van der Waals surface area contributed by atoms with Crippen molar-refractivity contribution in [3.63, 3.8) is 0 Å². The molecule has 4 nitrogen and oxygen atoms in total. The van der Waals surface area contributed by atoms with E-state index >= 15 is 0 Å². The predicted octanol–water partition coefficient (Wildman–Crippen LogP) is 3.48. The van der Waals surface area contributed by atoms with E-state index in [1.165, 1.54) is 0 Å². The summed E-state index contributed by atoms with van der Waals surface area (Å²) in [4.78, 5) is 16.9. The van der Waals surface area contributed by atoms with Gasteiger partial charge in [0.2, 0.25) is 0 Å². The molecule has 0 atom stereocenters. The molecule has 1 N–H and O–H groups in total. The van der Waals surface area contributed by atoms with Crippen LogP contribution >= 0.6 is 0 Å². The van der Waals surface area contributed by atoms with E-state index in [0.717, 1.165) is 22.2 Å². The molecule has 0 unspecified atom stereocenters. The number of methoxy groups -OCH3 is 1. The molecule has 116 valence electrons. The van der Waals surface area contributed by atoms with Gasteiger partial charge in [0.05, 0.1) is 23.9 Å². The van der Waals surface area contributed by atoms with Gasteiger partial charge in [0, 0.05) is 18.0 Å². The molecule has 3 aromatic rings. The fraction of sp³-hybridized carbons (Fsp3) is 0.158. The van der Waals surface area contributed by atoms with E-state index in [1.54, 1.807) is 7.11 Å². The topological polar surface area (TPSA) is 51.2 Å². The van der Waals surface area contributed by atoms with Crippen molar-refractivity contribution in [1.82, 2.24) is 10.3 Å². The number of hydrogen-bond donors (Lipinski definition) is 1. The predicted molar refractivity (Wildman–Crippen MR) is 90.6 cm³/mol. The highest BCUT2D eigenvalue weighted by Crippen LogP contribution is 2.21. The van der Waals surface area contributed by atoms with Crippen molar-refractivity contribution in [2.24, 2.45) is 0 Å². The fourth-order valence-corrected chi connectivity index (χ4v) is 2.47. The Morgan fingerprint density at radius 2 is 1.91 bits per heavy atom. The molecule has 0 bridgehead atoms. The van der Waals surface area contributed by atoms with Crippen LogP contribution < -0.4 is 10.1 Å². The van der Waals surface area contributed by atoms with Crippen LogP contribution in [0, 0.1) is 6.92 Å². The van der Waals surface area contributed by atoms with Gasteiger partial charge >= 0.3 is 0 Å². The van der Waals surface area contributed by atoms with E-state index in [-0.39, 0.29) is 5.91 Å². The summed E-state index contributed by atoms with van der Waals surface area (Å²) in [7, 11) is 1.62. The van der Waals surface area contributed by atoms with E-state index in [9.17, 15) is 4.79 Å². The Morgan fingerprint density at radius 3 is 2.65 bits per heavy atom. The summed E-state index contributed by atoms with van der Waals surface area (Å²) in [6.07, 6.45) is 0. The van der Waals surface area contributed by atoms with Crippen molar-refractivity contribution < 1.29 is 9.53 Å². The molecule has 4 heteroatoms. The summed E-state index contributed by atoms with van der Waals surface area (Å²) < 4.78 is 5.21. The lowest BCUT2D eigenvalue weighted by Crippen LogP contribution is -2.23. The second-order valence-electron chi connectivity index (χ2n) is 5.35. The van der Waals surface area contributed by atoms with E-state index < -0.39 is 0 Å². The summed E-state index contributed by atoms with van der Waals surface area (Å²) in [5.74, 6) is 0.641. The first-order valence-corrected chi connectivity index (χ1v) is 7.45. The molecule has 0 saturated carbocycles. The Labute approximate surface area is 135 Å². The summed E-state index contributed by atoms with van der Waals surface area (Å²) >= 11 is 0. The molecular weight excluding hydrogens is 288 g/mol. The lowest BCUT2D eigenvalue weighted by atomic mass is 10.1. The van der Waals surface area contributed by atoms with Crippen molar-refractivity contribution in [1.29, 1.82) is 0 Å². The minimum absolute atomic E-state index is 0.114. The zero-order chi connectivity index (χ0) is 16.2. The fourth-order valence-electron chi connectivity index (χ4n) is 2.47. The molecule has 2 aromatic carbocycles. The molecule has 0 spiro atoms. The monoisotopic (exact) mass is 306 g/mol. The maximum absolute atomic E-state index is 12.4. The van der Waals surface area contributed by atoms with E-state index in [1.807, 2.05) is 61.5 Å². The number of aryl methyl sites for hydroxylation is 1. The van der Waals surface area contributed by atoms with Gasteiger partial charge in [-0.15, -0.1) is 0 Å². The number of pyridine rings is 1. The highest BCUT2D eigenvalue weighted by atomic mass is 16.5. The van der Waals surface area contributed by atoms with Gasteiger partial charge in [-0.3, -0.25) is 9.78 Å². The van der Waals surface area contributed by atoms with Gasteiger partial charge in [0.15, 0.2) is 0 Å². The zero-order valence-electron chi connectivity index (χ0n) is 13.2. The lowest BCUT2D eigenvalue weighted by Gasteiger charge is -2.09. The van der Waals surface area contributed by atoms with Gasteiger partial charge < -0.3 is 10.1 Å². The third-order valence-corrected chi connectivity index (χ3v) is 3.76. The average molecular weight is 306 g/mol. The number of benzene rings is 2. The molecule has 23 heavy (non-hydrogen) atoms. The van der Waals surface area contributed by atoms with E-state index in [2.05, 4.69) is 10.3 Å². The largest absolute Gasteiger partial charge is 0.497 e. The van der Waals surface area contributed by atoms with Crippen molar-refractivity contribution in [2.75, 3.05) is 7.11 Å². The van der Waals surface area contributed by atoms with Crippen molar-refractivity contribution in [3.8, 4) is 5.75 Å². The first-order valence-electron chi connectivity index (χ1n) is 7.45. The lowest BCUT2D eigenvalue weighted by molar-refractivity contribution is 0.0950. The van der Waals surface area contributed by atoms with Gasteiger partial charge in [0.25, 0.3) is 5.91 Å². The van der Waals surface area contributed by atoms with Gasteiger partial charge in [0.1, 0.15) is 5.75 Å². The number of aromatic nitrogens is 1. The molecule has 3 rings (SSSR count). The molecule has 1 heterocycles. The highest BCUT2D eigenvalue weighted by Gasteiger charge is 2.12. The third-order valence-electron chi connectivity index (χ3n) is 3.76. The first kappa shape index (κ1) is 15.0. The van der Waals surface area contributed by atoms with E-state index in [0.29, 0.717) is 17.8 Å². The number of carbonyl (C=O) groups excluding carboxylic acids is 1. The maximum atomic E-state index is 12.4. The Hall–Kier alpha value is -2.88. The molecule has 0 aliphatic carbocycles. The Bertz CT molecular complexity index is 845. The van der Waals surface area contributed by atoms with Crippen molar-refractivity contribution >= 4 is 16.8 Å². The van der Waals surface area contributed by atoms with Crippen LogP contribution in [0.2, 0.25) is 0 Å². The molecule has 0 fully saturated rings. The average Bonchev–Trinajstić information content (AvgIpc) is 2.59. The van der Waals surface area contributed by atoms with Crippen LogP contribution in [0.25, 0.3) is 10.9 Å². The summed E-state index contributed by atoms with van der Waals surface area (Å²) in [5.41, 5.74) is 3.19. The number of amides is 1. The number of ether oxygens (including phenoxy) is 1. The maximum Gasteiger partial charge on any atom is 0.253 e. The number of nitrogens with one attached hydrogen (secondary N) is 1. The number of rotatable bonds is 4. The Morgan fingerprint density at radius 1 is 1.13 bits per heavy atom. The zero-order valence-corrected chi connectivity index (χ0v) is 13.2. The number of fused-ring (bicyclic) bond motifs is 1. The summed E-state index contributed by atoms with van der Waals surface area (Å²) in [6.45, 7) is 2.34. The first-order chi connectivity index (χ1) is 11.2. The molecule has 0 radical (unpaired) electrons. The van der Waals surface area contributed by atoms with Crippen LogP contribution in [0.5, 0.6) is 5.75 Å². The van der Waals surface area contributed by atoms with Gasteiger partial charge in [-0.25, -0.2) is 0 Å². The normalized spacial score (nSPS) is 10.5. The van der Waals surface area contributed by atoms with Gasteiger partial charge in [-0.2, -0.15) is 0 Å². The summed E-state index contributed by atoms with van der Waals surface area (Å²) in [6, 6.07) is 17.4. The highest BCUT2D eigenvalue weighted by molar-refractivity contribution is 5.98. The molecular formula is C19H18N2O2. The van der Waals surface area contributed by atoms with Gasteiger partial charge in [-0.1, -0.05) is 30.3 Å². The number of hydrogen-bond acceptors (Lipinski definition) is 3. The van der Waals surface area contributed by atoms with Gasteiger partial charge in [-0.05, 0) is 30.7 Å². The van der Waals surface area contributed by atoms with Crippen LogP contribution in [-0.4, -0.2) is 18.0 Å². The van der Waals surface area contributed by atoms with Crippen LogP contribution in [0.3, 0.4) is 0 Å². The van der Waals surface area contributed by atoms with Crippen molar-refractivity contribution in [3.05, 3.63) is 71.4 Å². The molecule has 1 aromatic heterocycles. The Balaban J connectivity index is 1.84. The van der Waals surface area contributed by atoms with Crippen LogP contribution in [0.1, 0.15) is 21.6 Å². The summed E-state index contributed by atoms with van der Waals surface area (Å²) in [5, 5.41) is 3.86. The quantitative estimate of drug-likeness (QED) is 0.803. The second kappa shape index (κ2) is 6.48. The molecule has 1 amide bonds. The number of nitrogens with zero attached hydrogens (tertiary/aromatic N) is 1.